The monoisotopic (exact) mass is 706 g/mol. The molecule has 0 spiro atoms. The summed E-state index contributed by atoms with van der Waals surface area (Å²) in [5.41, 5.74) is 9.20. The van der Waals surface area contributed by atoms with Crippen LogP contribution in [0.25, 0.3) is 10.4 Å². The summed E-state index contributed by atoms with van der Waals surface area (Å²) in [6.07, 6.45) is -3.27. The van der Waals surface area contributed by atoms with Crippen molar-refractivity contribution in [2.75, 3.05) is 13.2 Å². The molecule has 1 aromatic carbocycles. The van der Waals surface area contributed by atoms with E-state index in [4.69, 9.17) is 38.3 Å². The number of azide groups is 1. The van der Waals surface area contributed by atoms with E-state index in [1.165, 1.54) is 25.3 Å². The Bertz CT molecular complexity index is 1560. The van der Waals surface area contributed by atoms with Crippen molar-refractivity contribution in [3.8, 4) is 5.75 Å². The van der Waals surface area contributed by atoms with Crippen LogP contribution in [-0.2, 0) is 63.4 Å². The van der Waals surface area contributed by atoms with Crippen molar-refractivity contribution in [2.24, 2.45) is 5.11 Å². The Balaban J connectivity index is 1.91. The molecule has 1 fully saturated rings. The second-order valence-electron chi connectivity index (χ2n) is 10.3. The molecular formula is C29H35N6O13P. The number of pyridine rings is 1. The van der Waals surface area contributed by atoms with Crippen LogP contribution in [0.15, 0.2) is 60.0 Å². The zero-order chi connectivity index (χ0) is 36.0. The lowest BCUT2D eigenvalue weighted by Gasteiger charge is -2.44. The predicted octanol–water partition coefficient (Wildman–Crippen LogP) is 2.25. The predicted molar refractivity (Wildman–Crippen MR) is 165 cm³/mol. The molecule has 2 aromatic rings. The van der Waals surface area contributed by atoms with Crippen molar-refractivity contribution in [1.82, 2.24) is 15.4 Å². The summed E-state index contributed by atoms with van der Waals surface area (Å²) in [7, 11) is -4.53. The van der Waals surface area contributed by atoms with Crippen LogP contribution in [0.3, 0.4) is 0 Å². The van der Waals surface area contributed by atoms with Crippen LogP contribution in [0.5, 0.6) is 5.75 Å². The highest BCUT2D eigenvalue weighted by Crippen LogP contribution is 2.45. The quantitative estimate of drug-likeness (QED) is 0.0634. The van der Waals surface area contributed by atoms with Crippen molar-refractivity contribution in [2.45, 2.75) is 71.0 Å². The number of esters is 4. The first-order valence-corrected chi connectivity index (χ1v) is 16.1. The lowest BCUT2D eigenvalue weighted by Crippen LogP contribution is -2.67. The second kappa shape index (κ2) is 18.5. The van der Waals surface area contributed by atoms with Gasteiger partial charge in [0, 0.05) is 43.6 Å². The van der Waals surface area contributed by atoms with Gasteiger partial charge in [-0.15, -0.1) is 0 Å². The van der Waals surface area contributed by atoms with Crippen molar-refractivity contribution < 1.29 is 61.3 Å². The fourth-order valence-corrected chi connectivity index (χ4v) is 5.88. The van der Waals surface area contributed by atoms with Gasteiger partial charge < -0.3 is 33.5 Å². The van der Waals surface area contributed by atoms with E-state index in [-0.39, 0.29) is 12.4 Å². The fourth-order valence-electron chi connectivity index (χ4n) is 4.38. The molecule has 0 aliphatic carbocycles. The van der Waals surface area contributed by atoms with Gasteiger partial charge in [-0.1, -0.05) is 29.4 Å². The number of carbonyl (C=O) groups excluding carboxylic acids is 5. The molecule has 2 unspecified atom stereocenters. The molecule has 2 N–H and O–H groups in total. The lowest BCUT2D eigenvalue weighted by atomic mass is 9.96. The minimum atomic E-state index is -4.53. The maximum atomic E-state index is 14.2. The van der Waals surface area contributed by atoms with Crippen molar-refractivity contribution >= 4 is 37.5 Å². The van der Waals surface area contributed by atoms with Gasteiger partial charge >= 0.3 is 31.6 Å². The minimum absolute atomic E-state index is 0.0775. The molecule has 1 amide bonds. The van der Waals surface area contributed by atoms with Crippen LogP contribution in [0.2, 0.25) is 0 Å². The first kappa shape index (κ1) is 38.4. The van der Waals surface area contributed by atoms with Gasteiger partial charge in [-0.2, -0.15) is 5.09 Å². The number of benzene rings is 1. The van der Waals surface area contributed by atoms with Gasteiger partial charge in [0.05, 0.1) is 6.61 Å². The molecule has 264 valence electrons. The summed E-state index contributed by atoms with van der Waals surface area (Å²) in [4.78, 5) is 68.2. The molecule has 49 heavy (non-hydrogen) atoms. The molecule has 1 saturated heterocycles. The third-order valence-electron chi connectivity index (χ3n) is 6.32. The van der Waals surface area contributed by atoms with E-state index in [1.54, 1.807) is 36.5 Å². The first-order valence-electron chi connectivity index (χ1n) is 14.6. The number of hydrogen-bond acceptors (Lipinski definition) is 15. The SMILES string of the molecule is CC(=O)OC1O[C@H](COP(=O)(N[C@@H](C)C(=O)OCc2cccnc2)Oc2ccccc2)[C@@H](OC(C)=O)[C@H](OC(C)=O)[C@@H]1NC(=O)CN=[N+]=[N-]. The number of para-hydroxylation sites is 1. The van der Waals surface area contributed by atoms with Crippen molar-refractivity contribution in [3.63, 3.8) is 0 Å². The van der Waals surface area contributed by atoms with E-state index in [0.717, 1.165) is 20.8 Å². The average molecular weight is 707 g/mol. The number of amides is 1. The Morgan fingerprint density at radius 1 is 1.00 bits per heavy atom. The van der Waals surface area contributed by atoms with Crippen molar-refractivity contribution in [1.29, 1.82) is 0 Å². The summed E-state index contributed by atoms with van der Waals surface area (Å²) in [5.74, 6) is -4.28. The third kappa shape index (κ3) is 12.5. The summed E-state index contributed by atoms with van der Waals surface area (Å²) < 4.78 is 52.8. The molecule has 7 atom stereocenters. The Morgan fingerprint density at radius 2 is 1.67 bits per heavy atom. The van der Waals surface area contributed by atoms with E-state index in [1.807, 2.05) is 0 Å². The minimum Gasteiger partial charge on any atom is -0.460 e. The Labute approximate surface area is 280 Å². The smallest absolute Gasteiger partial charge is 0.459 e. The van der Waals surface area contributed by atoms with Gasteiger partial charge in [-0.25, -0.2) is 4.57 Å². The van der Waals surface area contributed by atoms with E-state index >= 15 is 0 Å². The van der Waals surface area contributed by atoms with Crippen molar-refractivity contribution in [3.05, 3.63) is 70.9 Å². The van der Waals surface area contributed by atoms with Gasteiger partial charge in [-0.05, 0) is 30.7 Å². The van der Waals surface area contributed by atoms with Gasteiger partial charge in [0.1, 0.15) is 37.1 Å². The highest BCUT2D eigenvalue weighted by atomic mass is 31.2. The number of nitrogens with one attached hydrogen (secondary N) is 2. The molecule has 3 rings (SSSR count). The van der Waals surface area contributed by atoms with E-state index in [2.05, 4.69) is 25.4 Å². The van der Waals surface area contributed by atoms with Crippen LogP contribution < -0.4 is 14.9 Å². The number of hydrogen-bond donors (Lipinski definition) is 2. The summed E-state index contributed by atoms with van der Waals surface area (Å²) in [6, 6.07) is 8.40. The summed E-state index contributed by atoms with van der Waals surface area (Å²) in [6.45, 7) is 2.90. The number of carbonyl (C=O) groups is 5. The zero-order valence-corrected chi connectivity index (χ0v) is 27.7. The van der Waals surface area contributed by atoms with E-state index in [0.29, 0.717) is 5.56 Å². The lowest BCUT2D eigenvalue weighted by molar-refractivity contribution is -0.268. The molecule has 1 aliphatic rings. The van der Waals surface area contributed by atoms with Crippen LogP contribution in [0.1, 0.15) is 33.3 Å². The highest BCUT2D eigenvalue weighted by molar-refractivity contribution is 7.52. The topological polar surface area (TPSA) is 253 Å². The van der Waals surface area contributed by atoms with Crippen LogP contribution in [-0.4, -0.2) is 84.6 Å². The molecule has 0 bridgehead atoms. The second-order valence-corrected chi connectivity index (χ2v) is 12.0. The normalized spacial score (nSPS) is 21.8. The van der Waals surface area contributed by atoms with Gasteiger partial charge in [0.15, 0.2) is 12.2 Å². The van der Waals surface area contributed by atoms with E-state index < -0.39 is 87.4 Å². The Morgan fingerprint density at radius 3 is 2.29 bits per heavy atom. The summed E-state index contributed by atoms with van der Waals surface area (Å²) in [5, 5.41) is 8.06. The molecule has 2 heterocycles. The average Bonchev–Trinajstić information content (AvgIpc) is 3.04. The van der Waals surface area contributed by atoms with Crippen LogP contribution in [0.4, 0.5) is 0 Å². The maximum absolute atomic E-state index is 14.2. The standard InChI is InChI=1S/C29H35N6O13P/c1-17(28(40)42-15-21-9-8-12-31-13-21)34-49(41,48-22-10-6-5-7-11-22)43-16-23-26(44-18(2)36)27(45-19(3)37)25(29(47-23)46-20(4)38)33-24(39)14-32-35-30/h5-13,17,23,25-27,29H,14-16H2,1-4H3,(H,33,39)(H,34,41)/t17-,23+,25-,26+,27+,29?,49?/m0/s1. The zero-order valence-electron chi connectivity index (χ0n) is 26.8. The fraction of sp³-hybridized carbons (Fsp3) is 0.448. The molecule has 1 aromatic heterocycles. The molecule has 0 radical (unpaired) electrons. The Kier molecular flexibility index (Phi) is 14.5. The number of aromatic nitrogens is 1. The maximum Gasteiger partial charge on any atom is 0.459 e. The first-order chi connectivity index (χ1) is 23.3. The van der Waals surface area contributed by atoms with E-state index in [9.17, 15) is 28.5 Å². The molecule has 19 nitrogen and oxygen atoms in total. The van der Waals surface area contributed by atoms with Crippen LogP contribution >= 0.6 is 7.75 Å². The third-order valence-corrected chi connectivity index (χ3v) is 7.97. The number of nitrogens with zero attached hydrogens (tertiary/aromatic N) is 4. The van der Waals surface area contributed by atoms with Crippen LogP contribution in [0, 0.1) is 0 Å². The number of ether oxygens (including phenoxy) is 5. The molecular weight excluding hydrogens is 671 g/mol. The molecule has 1 aliphatic heterocycles. The Hall–Kier alpha value is -5.06. The number of rotatable bonds is 16. The van der Waals surface area contributed by atoms with Gasteiger partial charge in [0.25, 0.3) is 0 Å². The largest absolute Gasteiger partial charge is 0.460 e. The van der Waals surface area contributed by atoms with Gasteiger partial charge in [-0.3, -0.25) is 33.5 Å². The highest BCUT2D eigenvalue weighted by Gasteiger charge is 2.52. The molecule has 20 heteroatoms. The van der Waals surface area contributed by atoms with Gasteiger partial charge in [0.2, 0.25) is 12.2 Å². The summed E-state index contributed by atoms with van der Waals surface area (Å²) >= 11 is 0. The molecule has 0 saturated carbocycles.